The van der Waals surface area contributed by atoms with E-state index in [1.165, 1.54) is 11.1 Å². The summed E-state index contributed by atoms with van der Waals surface area (Å²) in [7, 11) is -3.67. The lowest BCUT2D eigenvalue weighted by Gasteiger charge is -1.88. The van der Waals surface area contributed by atoms with Crippen molar-refractivity contribution < 1.29 is 13.0 Å². The van der Waals surface area contributed by atoms with Crippen molar-refractivity contribution in [2.45, 2.75) is 11.8 Å². The highest BCUT2D eigenvalue weighted by molar-refractivity contribution is 7.85. The highest BCUT2D eigenvalue weighted by atomic mass is 35.5. The molecule has 0 aliphatic rings. The lowest BCUT2D eigenvalue weighted by Crippen LogP contribution is -1.88. The van der Waals surface area contributed by atoms with Gasteiger partial charge in [-0.2, -0.15) is 8.42 Å². The van der Waals surface area contributed by atoms with Crippen LogP contribution in [-0.2, 0) is 21.9 Å². The van der Waals surface area contributed by atoms with Gasteiger partial charge in [-0.25, -0.2) is 0 Å². The zero-order valence-electron chi connectivity index (χ0n) is 11.6. The van der Waals surface area contributed by atoms with E-state index in [0.717, 1.165) is 0 Å². The maximum Gasteiger partial charge on any atom is 0.261 e. The summed E-state index contributed by atoms with van der Waals surface area (Å²) in [5, 5.41) is 0. The van der Waals surface area contributed by atoms with Crippen molar-refractivity contribution >= 4 is 33.3 Å². The highest BCUT2D eigenvalue weighted by Gasteiger charge is 1.82. The molecule has 116 valence electrons. The summed E-state index contributed by atoms with van der Waals surface area (Å²) in [6.45, 7) is 0. The van der Waals surface area contributed by atoms with Crippen LogP contribution in [-0.4, -0.2) is 19.2 Å². The predicted octanol–water partition coefficient (Wildman–Crippen LogP) is 4.35. The van der Waals surface area contributed by atoms with E-state index in [2.05, 4.69) is 0 Å². The topological polar surface area (TPSA) is 54.4 Å². The summed E-state index contributed by atoms with van der Waals surface area (Å²) in [5.41, 5.74) is 2.35. The third-order valence-corrected chi connectivity index (χ3v) is 2.61. The molecule has 2 aromatic carbocycles. The minimum absolute atomic E-state index is 0.612. The van der Waals surface area contributed by atoms with Gasteiger partial charge in [0.15, 0.2) is 0 Å². The molecule has 21 heavy (non-hydrogen) atoms. The van der Waals surface area contributed by atoms with Crippen molar-refractivity contribution in [2.75, 3.05) is 6.26 Å². The summed E-state index contributed by atoms with van der Waals surface area (Å²) < 4.78 is 25.9. The standard InChI is InChI=1S/2C7H7Cl.CH4O3S/c2*8-6-7-4-2-1-3-5-7;1-5(2,3)4/h2*1-5H,6H2;1H3,(H,2,3,4). The zero-order valence-corrected chi connectivity index (χ0v) is 13.9. The summed E-state index contributed by atoms with van der Waals surface area (Å²) in [4.78, 5) is 0. The van der Waals surface area contributed by atoms with Gasteiger partial charge in [0.2, 0.25) is 0 Å². The van der Waals surface area contributed by atoms with Crippen LogP contribution in [0, 0.1) is 0 Å². The number of alkyl halides is 2. The summed E-state index contributed by atoms with van der Waals surface area (Å²) in [6.07, 6.45) is 0.715. The Morgan fingerprint density at radius 2 is 1.05 bits per heavy atom. The maximum absolute atomic E-state index is 9.19. The fourth-order valence-corrected chi connectivity index (χ4v) is 1.49. The van der Waals surface area contributed by atoms with Gasteiger partial charge < -0.3 is 0 Å². The minimum Gasteiger partial charge on any atom is -0.286 e. The molecule has 0 bridgehead atoms. The van der Waals surface area contributed by atoms with Gasteiger partial charge in [0.1, 0.15) is 0 Å². The first-order chi connectivity index (χ1) is 9.86. The molecule has 0 fully saturated rings. The van der Waals surface area contributed by atoms with Gasteiger partial charge in [-0.05, 0) is 11.1 Å². The second kappa shape index (κ2) is 11.6. The van der Waals surface area contributed by atoms with Crippen molar-refractivity contribution in [1.29, 1.82) is 0 Å². The Kier molecular flexibility index (Phi) is 11.0. The molecule has 0 heterocycles. The van der Waals surface area contributed by atoms with Gasteiger partial charge in [0, 0.05) is 11.8 Å². The molecule has 2 aromatic rings. The summed E-state index contributed by atoms with van der Waals surface area (Å²) in [6, 6.07) is 19.9. The molecule has 0 amide bonds. The van der Waals surface area contributed by atoms with Gasteiger partial charge >= 0.3 is 0 Å². The van der Waals surface area contributed by atoms with Gasteiger partial charge in [0.05, 0.1) is 6.26 Å². The van der Waals surface area contributed by atoms with E-state index >= 15 is 0 Å². The van der Waals surface area contributed by atoms with E-state index in [0.29, 0.717) is 18.0 Å². The monoisotopic (exact) mass is 348 g/mol. The first-order valence-corrected chi connectivity index (χ1v) is 8.90. The molecule has 3 nitrogen and oxygen atoms in total. The minimum atomic E-state index is -3.67. The molecule has 2 rings (SSSR count). The van der Waals surface area contributed by atoms with E-state index < -0.39 is 10.1 Å². The van der Waals surface area contributed by atoms with Gasteiger partial charge in [0.25, 0.3) is 10.1 Å². The Hall–Kier alpha value is -1.07. The van der Waals surface area contributed by atoms with Crippen molar-refractivity contribution in [3.8, 4) is 0 Å². The lowest BCUT2D eigenvalue weighted by atomic mass is 10.2. The molecule has 0 unspecified atom stereocenters. The number of halogens is 2. The van der Waals surface area contributed by atoms with Gasteiger partial charge in [-0.1, -0.05) is 60.7 Å². The van der Waals surface area contributed by atoms with Gasteiger partial charge in [-0.3, -0.25) is 4.55 Å². The Balaban J connectivity index is 0.000000296. The number of hydrogen-bond donors (Lipinski definition) is 1. The smallest absolute Gasteiger partial charge is 0.261 e. The van der Waals surface area contributed by atoms with E-state index in [9.17, 15) is 8.42 Å². The number of hydrogen-bond acceptors (Lipinski definition) is 2. The summed E-state index contributed by atoms with van der Waals surface area (Å²) >= 11 is 11.1. The van der Waals surface area contributed by atoms with Crippen LogP contribution < -0.4 is 0 Å². The molecular weight excluding hydrogens is 331 g/mol. The van der Waals surface area contributed by atoms with E-state index in [-0.39, 0.29) is 0 Å². The second-order valence-corrected chi connectivity index (χ2v) is 5.97. The molecule has 0 spiro atoms. The Morgan fingerprint density at radius 3 is 1.19 bits per heavy atom. The van der Waals surface area contributed by atoms with E-state index in [4.69, 9.17) is 27.8 Å². The molecule has 0 aliphatic heterocycles. The normalized spacial score (nSPS) is 9.71. The molecule has 6 heteroatoms. The average molecular weight is 349 g/mol. The fourth-order valence-electron chi connectivity index (χ4n) is 1.13. The number of benzene rings is 2. The van der Waals surface area contributed by atoms with Crippen LogP contribution in [0.25, 0.3) is 0 Å². The third kappa shape index (κ3) is 15.1. The van der Waals surface area contributed by atoms with Crippen molar-refractivity contribution in [3.05, 3.63) is 71.8 Å². The SMILES string of the molecule is CS(=O)(=O)O.ClCc1ccccc1.ClCc1ccccc1. The lowest BCUT2D eigenvalue weighted by molar-refractivity contribution is 0.490. The molecule has 0 aromatic heterocycles. The van der Waals surface area contributed by atoms with Crippen LogP contribution in [0.15, 0.2) is 60.7 Å². The van der Waals surface area contributed by atoms with Crippen molar-refractivity contribution in [1.82, 2.24) is 0 Å². The number of rotatable bonds is 2. The molecule has 0 radical (unpaired) electrons. The Morgan fingerprint density at radius 1 is 0.810 bits per heavy atom. The van der Waals surface area contributed by atoms with E-state index in [1.54, 1.807) is 0 Å². The first kappa shape index (κ1) is 19.9. The van der Waals surface area contributed by atoms with Gasteiger partial charge in [-0.15, -0.1) is 23.2 Å². The Labute approximate surface area is 136 Å². The highest BCUT2D eigenvalue weighted by Crippen LogP contribution is 2.01. The first-order valence-electron chi connectivity index (χ1n) is 5.99. The molecule has 0 saturated carbocycles. The zero-order chi connectivity index (χ0) is 16.1. The van der Waals surface area contributed by atoms with Crippen LogP contribution in [0.1, 0.15) is 11.1 Å². The van der Waals surface area contributed by atoms with Crippen LogP contribution in [0.4, 0.5) is 0 Å². The molecule has 0 saturated heterocycles. The summed E-state index contributed by atoms with van der Waals surface area (Å²) in [5.74, 6) is 1.22. The molecule has 0 atom stereocenters. The van der Waals surface area contributed by atoms with Crippen molar-refractivity contribution in [2.24, 2.45) is 0 Å². The molecule has 1 N–H and O–H groups in total. The molecule has 0 aliphatic carbocycles. The largest absolute Gasteiger partial charge is 0.286 e. The Bertz CT molecular complexity index is 525. The maximum atomic E-state index is 9.19. The van der Waals surface area contributed by atoms with E-state index in [1.807, 2.05) is 60.7 Å². The third-order valence-electron chi connectivity index (χ3n) is 1.99. The predicted molar refractivity (Wildman–Crippen MR) is 89.5 cm³/mol. The van der Waals surface area contributed by atoms with Crippen LogP contribution in [0.2, 0.25) is 0 Å². The van der Waals surface area contributed by atoms with Crippen LogP contribution in [0.5, 0.6) is 0 Å². The van der Waals surface area contributed by atoms with Crippen molar-refractivity contribution in [3.63, 3.8) is 0 Å². The fraction of sp³-hybridized carbons (Fsp3) is 0.200. The average Bonchev–Trinajstić information content (AvgIpc) is 2.48. The van der Waals surface area contributed by atoms with Crippen LogP contribution >= 0.6 is 23.2 Å². The molecular formula is C15H18Cl2O3S. The van der Waals surface area contributed by atoms with Crippen LogP contribution in [0.3, 0.4) is 0 Å². The quantitative estimate of drug-likeness (QED) is 0.648. The second-order valence-electron chi connectivity index (χ2n) is 3.97.